The van der Waals surface area contributed by atoms with Gasteiger partial charge in [-0.05, 0) is 36.6 Å². The van der Waals surface area contributed by atoms with E-state index < -0.39 is 35.7 Å². The summed E-state index contributed by atoms with van der Waals surface area (Å²) in [6.07, 6.45) is 0.148. The lowest BCUT2D eigenvalue weighted by atomic mass is 10.1. The van der Waals surface area contributed by atoms with E-state index in [2.05, 4.69) is 5.32 Å². The summed E-state index contributed by atoms with van der Waals surface area (Å²) in [7, 11) is 2.87. The minimum atomic E-state index is -1.17. The predicted molar refractivity (Wildman–Crippen MR) is 149 cm³/mol. The van der Waals surface area contributed by atoms with Crippen LogP contribution in [0.4, 0.5) is 4.39 Å². The maximum absolute atomic E-state index is 14.4. The Morgan fingerprint density at radius 2 is 1.81 bits per heavy atom. The molecule has 1 saturated heterocycles. The van der Waals surface area contributed by atoms with Crippen LogP contribution in [0.25, 0.3) is 0 Å². The molecule has 0 aromatic heterocycles. The van der Waals surface area contributed by atoms with Gasteiger partial charge in [-0.2, -0.15) is 0 Å². The van der Waals surface area contributed by atoms with Crippen molar-refractivity contribution >= 4 is 29.6 Å². The zero-order valence-electron chi connectivity index (χ0n) is 23.9. The standard InChI is InChI=1S/C30H35FN4O7/c1-19(36)32-22-14-23-18-41-26-11-9-21(31)13-24(26)29(39)34(3)25(30(40)42-17-20-7-5-4-6-8-20)10-12-27(37)33(2)16-28(38)35(23)15-22/h4-9,11,13,22-23,25H,10,12,14-18H2,1-3H3,(H,32,36)/t22-,23-,25-/m0/s1. The molecule has 11 nitrogen and oxygen atoms in total. The van der Waals surface area contributed by atoms with Gasteiger partial charge in [-0.15, -0.1) is 0 Å². The predicted octanol–water partition coefficient (Wildman–Crippen LogP) is 1.75. The lowest BCUT2D eigenvalue weighted by molar-refractivity contribution is -0.150. The second-order valence-electron chi connectivity index (χ2n) is 10.6. The number of amides is 4. The monoisotopic (exact) mass is 582 g/mol. The third-order valence-corrected chi connectivity index (χ3v) is 7.46. The van der Waals surface area contributed by atoms with Crippen molar-refractivity contribution in [3.63, 3.8) is 0 Å². The zero-order chi connectivity index (χ0) is 30.4. The van der Waals surface area contributed by atoms with E-state index in [1.165, 1.54) is 32.0 Å². The summed E-state index contributed by atoms with van der Waals surface area (Å²) in [5, 5.41) is 2.82. The number of esters is 1. The van der Waals surface area contributed by atoms with Crippen LogP contribution in [0.15, 0.2) is 48.5 Å². The molecule has 2 aliphatic rings. The molecule has 2 heterocycles. The number of halogens is 1. The molecule has 42 heavy (non-hydrogen) atoms. The molecule has 0 radical (unpaired) electrons. The summed E-state index contributed by atoms with van der Waals surface area (Å²) < 4.78 is 25.8. The SMILES string of the molecule is CC(=O)N[C@H]1C[C@H]2COc3ccc(F)cc3C(=O)N(C)[C@H](C(=O)OCc3ccccc3)CCC(=O)N(C)CC(=O)N2C1. The van der Waals surface area contributed by atoms with Gasteiger partial charge in [-0.1, -0.05) is 30.3 Å². The van der Waals surface area contributed by atoms with E-state index in [4.69, 9.17) is 9.47 Å². The van der Waals surface area contributed by atoms with E-state index >= 15 is 0 Å². The molecular weight excluding hydrogens is 547 g/mol. The van der Waals surface area contributed by atoms with Gasteiger partial charge in [-0.3, -0.25) is 19.2 Å². The van der Waals surface area contributed by atoms with Crippen LogP contribution in [0, 0.1) is 5.82 Å². The Bertz CT molecular complexity index is 1340. The Kier molecular flexibility index (Phi) is 9.76. The van der Waals surface area contributed by atoms with Gasteiger partial charge in [0.05, 0.1) is 18.2 Å². The molecular formula is C30H35FN4O7. The van der Waals surface area contributed by atoms with Crippen LogP contribution >= 0.6 is 0 Å². The minimum Gasteiger partial charge on any atom is -0.491 e. The van der Waals surface area contributed by atoms with Gasteiger partial charge >= 0.3 is 5.97 Å². The maximum atomic E-state index is 14.4. The summed E-state index contributed by atoms with van der Waals surface area (Å²) in [6.45, 7) is 1.31. The summed E-state index contributed by atoms with van der Waals surface area (Å²) in [5.74, 6) is -3.02. The van der Waals surface area contributed by atoms with Gasteiger partial charge in [0.2, 0.25) is 17.7 Å². The fraction of sp³-hybridized carbons (Fsp3) is 0.433. The molecule has 3 atom stereocenters. The van der Waals surface area contributed by atoms with Crippen LogP contribution in [0.1, 0.15) is 42.1 Å². The number of carbonyl (C=O) groups excluding carboxylic acids is 5. The van der Waals surface area contributed by atoms with Gasteiger partial charge in [-0.25, -0.2) is 9.18 Å². The molecule has 2 aromatic carbocycles. The first kappa shape index (κ1) is 30.5. The highest BCUT2D eigenvalue weighted by Crippen LogP contribution is 2.26. The fourth-order valence-corrected chi connectivity index (χ4v) is 5.21. The number of likely N-dealkylation sites (N-methyl/N-ethyl adjacent to an activating group) is 2. The van der Waals surface area contributed by atoms with Gasteiger partial charge in [0.25, 0.3) is 5.91 Å². The van der Waals surface area contributed by atoms with Crippen LogP contribution in [0.5, 0.6) is 5.75 Å². The molecule has 2 aromatic rings. The van der Waals surface area contributed by atoms with Gasteiger partial charge in [0, 0.05) is 40.0 Å². The fourth-order valence-electron chi connectivity index (χ4n) is 5.21. The van der Waals surface area contributed by atoms with Crippen molar-refractivity contribution in [1.82, 2.24) is 20.0 Å². The smallest absolute Gasteiger partial charge is 0.329 e. The van der Waals surface area contributed by atoms with Crippen molar-refractivity contribution in [2.45, 2.75) is 50.9 Å². The zero-order valence-corrected chi connectivity index (χ0v) is 23.9. The molecule has 0 saturated carbocycles. The van der Waals surface area contributed by atoms with Crippen LogP contribution in [0.3, 0.4) is 0 Å². The van der Waals surface area contributed by atoms with Crippen molar-refractivity contribution in [2.75, 3.05) is 33.8 Å². The molecule has 1 N–H and O–H groups in total. The molecule has 4 rings (SSSR count). The number of benzene rings is 2. The normalized spacial score (nSPS) is 22.0. The first-order valence-corrected chi connectivity index (χ1v) is 13.7. The quantitative estimate of drug-likeness (QED) is 0.545. The van der Waals surface area contributed by atoms with Crippen molar-refractivity contribution in [2.24, 2.45) is 0 Å². The van der Waals surface area contributed by atoms with E-state index in [-0.39, 0.29) is 68.3 Å². The Morgan fingerprint density at radius 1 is 1.07 bits per heavy atom. The average Bonchev–Trinajstić information content (AvgIpc) is 3.36. The Hall–Kier alpha value is -4.48. The number of fused-ring (bicyclic) bond motifs is 2. The van der Waals surface area contributed by atoms with Crippen molar-refractivity contribution in [3.8, 4) is 5.75 Å². The van der Waals surface area contributed by atoms with Crippen molar-refractivity contribution in [3.05, 3.63) is 65.5 Å². The summed E-state index contributed by atoms with van der Waals surface area (Å²) in [6, 6.07) is 10.5. The highest BCUT2D eigenvalue weighted by Gasteiger charge is 2.38. The number of carbonyl (C=O) groups is 5. The van der Waals surface area contributed by atoms with Gasteiger partial charge in [0.15, 0.2) is 0 Å². The van der Waals surface area contributed by atoms with Gasteiger partial charge < -0.3 is 29.5 Å². The average molecular weight is 583 g/mol. The number of nitrogens with zero attached hydrogens (tertiary/aromatic N) is 3. The molecule has 2 aliphatic heterocycles. The number of hydrogen-bond acceptors (Lipinski definition) is 7. The van der Waals surface area contributed by atoms with Crippen molar-refractivity contribution < 1.29 is 37.8 Å². The van der Waals surface area contributed by atoms with Crippen LogP contribution in [0.2, 0.25) is 0 Å². The summed E-state index contributed by atoms with van der Waals surface area (Å²) >= 11 is 0. The molecule has 0 aliphatic carbocycles. The number of hydrogen-bond donors (Lipinski definition) is 1. The highest BCUT2D eigenvalue weighted by molar-refractivity contribution is 5.99. The third kappa shape index (κ3) is 7.42. The Morgan fingerprint density at radius 3 is 2.52 bits per heavy atom. The maximum Gasteiger partial charge on any atom is 0.329 e. The number of nitrogens with one attached hydrogen (secondary N) is 1. The summed E-state index contributed by atoms with van der Waals surface area (Å²) in [5.41, 5.74) is 0.624. The largest absolute Gasteiger partial charge is 0.491 e. The van der Waals surface area contributed by atoms with Crippen LogP contribution in [-0.4, -0.2) is 96.2 Å². The van der Waals surface area contributed by atoms with E-state index in [0.29, 0.717) is 6.42 Å². The van der Waals surface area contributed by atoms with Gasteiger partial charge in [0.1, 0.15) is 30.8 Å². The summed E-state index contributed by atoms with van der Waals surface area (Å²) in [4.78, 5) is 68.9. The van der Waals surface area contributed by atoms with E-state index in [1.54, 1.807) is 29.2 Å². The molecule has 0 unspecified atom stereocenters. The highest BCUT2D eigenvalue weighted by atomic mass is 19.1. The first-order valence-electron chi connectivity index (χ1n) is 13.7. The molecule has 1 fully saturated rings. The Labute approximate surface area is 243 Å². The van der Waals surface area contributed by atoms with E-state index in [9.17, 15) is 28.4 Å². The molecule has 0 spiro atoms. The number of ether oxygens (including phenoxy) is 2. The molecule has 224 valence electrons. The molecule has 4 amide bonds. The number of rotatable bonds is 4. The second kappa shape index (κ2) is 13.5. The minimum absolute atomic E-state index is 0.0361. The lowest BCUT2D eigenvalue weighted by Gasteiger charge is -2.28. The van der Waals surface area contributed by atoms with E-state index in [1.807, 2.05) is 6.07 Å². The first-order chi connectivity index (χ1) is 20.0. The topological polar surface area (TPSA) is 126 Å². The molecule has 0 bridgehead atoms. The van der Waals surface area contributed by atoms with Crippen molar-refractivity contribution in [1.29, 1.82) is 0 Å². The second-order valence-corrected chi connectivity index (χ2v) is 10.6. The molecule has 12 heteroatoms. The van der Waals surface area contributed by atoms with Crippen LogP contribution < -0.4 is 10.1 Å². The lowest BCUT2D eigenvalue weighted by Crippen LogP contribution is -2.46. The Balaban J connectivity index is 1.63. The van der Waals surface area contributed by atoms with E-state index in [0.717, 1.165) is 22.6 Å². The van der Waals surface area contributed by atoms with Crippen LogP contribution in [-0.2, 0) is 30.5 Å². The third-order valence-electron chi connectivity index (χ3n) is 7.46.